The van der Waals surface area contributed by atoms with Crippen molar-refractivity contribution in [2.24, 2.45) is 5.41 Å². The molecule has 4 atom stereocenters. The molecular weight excluding hydrogens is 504 g/mol. The van der Waals surface area contributed by atoms with E-state index in [1.54, 1.807) is 26.0 Å². The number of carbonyl (C=O) groups is 3. The molecule has 0 saturated carbocycles. The van der Waals surface area contributed by atoms with E-state index in [2.05, 4.69) is 28.1 Å². The second-order valence-electron chi connectivity index (χ2n) is 12.4. The summed E-state index contributed by atoms with van der Waals surface area (Å²) in [5.74, 6) is 0.417. The molecular formula is C32H44N4O4. The van der Waals surface area contributed by atoms with Crippen LogP contribution < -0.4 is 20.7 Å². The van der Waals surface area contributed by atoms with E-state index < -0.39 is 23.0 Å². The van der Waals surface area contributed by atoms with Crippen molar-refractivity contribution in [1.82, 2.24) is 20.9 Å². The van der Waals surface area contributed by atoms with Crippen molar-refractivity contribution in [3.63, 3.8) is 0 Å². The number of amides is 2. The predicted octanol–water partition coefficient (Wildman–Crippen LogP) is 3.32. The van der Waals surface area contributed by atoms with E-state index in [0.29, 0.717) is 18.7 Å². The average Bonchev–Trinajstić information content (AvgIpc) is 2.95. The highest BCUT2D eigenvalue weighted by Gasteiger charge is 2.42. The van der Waals surface area contributed by atoms with Gasteiger partial charge in [-0.05, 0) is 73.0 Å². The highest BCUT2D eigenvalue weighted by atomic mass is 16.5. The van der Waals surface area contributed by atoms with Crippen LogP contribution in [0, 0.1) is 5.41 Å². The largest absolute Gasteiger partial charge is 0.497 e. The summed E-state index contributed by atoms with van der Waals surface area (Å²) < 4.78 is 5.45. The molecule has 1 heterocycles. The fourth-order valence-corrected chi connectivity index (χ4v) is 5.76. The van der Waals surface area contributed by atoms with Crippen LogP contribution in [0.3, 0.4) is 0 Å². The average molecular weight is 549 g/mol. The third-order valence-electron chi connectivity index (χ3n) is 8.43. The molecule has 0 spiro atoms. The first kappa shape index (κ1) is 29.7. The number of methoxy groups -OCH3 is 1. The summed E-state index contributed by atoms with van der Waals surface area (Å²) in [5.41, 5.74) is 3.16. The van der Waals surface area contributed by atoms with Crippen LogP contribution in [0.1, 0.15) is 68.8 Å². The van der Waals surface area contributed by atoms with E-state index in [1.807, 2.05) is 51.1 Å². The van der Waals surface area contributed by atoms with Gasteiger partial charge in [-0.25, -0.2) is 0 Å². The highest BCUT2D eigenvalue weighted by Crippen LogP contribution is 2.33. The molecule has 216 valence electrons. The fraction of sp³-hybridized carbons (Fsp3) is 0.531. The maximum absolute atomic E-state index is 14.4. The Labute approximate surface area is 238 Å². The molecule has 2 amide bonds. The number of aldehydes is 1. The zero-order chi connectivity index (χ0) is 29.1. The second-order valence-corrected chi connectivity index (χ2v) is 12.4. The van der Waals surface area contributed by atoms with Crippen molar-refractivity contribution in [3.8, 4) is 5.75 Å². The number of hydrogen-bond donors (Lipinski definition) is 3. The van der Waals surface area contributed by atoms with Crippen LogP contribution in [0.2, 0.25) is 0 Å². The molecule has 0 radical (unpaired) electrons. The van der Waals surface area contributed by atoms with Crippen molar-refractivity contribution in [1.29, 1.82) is 0 Å². The van der Waals surface area contributed by atoms with Gasteiger partial charge in [-0.1, -0.05) is 51.1 Å². The number of carbonyl (C=O) groups excluding carboxylic acids is 3. The molecule has 0 saturated heterocycles. The SMILES string of the molecule is CNC(C)(C=O)CN[C@H](C(=O)N1Cc2cc(OC)ccc2C[C@H]1C(=O)NC1CCCc2ccccc21)C(C)(C)C. The minimum absolute atomic E-state index is 0.0767. The Kier molecular flexibility index (Phi) is 9.00. The van der Waals surface area contributed by atoms with E-state index in [1.165, 1.54) is 5.56 Å². The number of nitrogens with zero attached hydrogens (tertiary/aromatic N) is 1. The van der Waals surface area contributed by atoms with Gasteiger partial charge in [0.25, 0.3) is 0 Å². The maximum atomic E-state index is 14.4. The standard InChI is InChI=1S/C32H44N4O4/c1-31(2,3)28(34-19-32(4,20-37)33-5)30(39)36-18-23-16-24(40-6)15-14-22(23)17-27(36)29(38)35-26-13-9-11-21-10-7-8-12-25(21)26/h7-8,10,12,14-16,20,26-28,33-34H,9,11,13,17-19H2,1-6H3,(H,35,38)/t26?,27-,28+,32?/m0/s1. The van der Waals surface area contributed by atoms with Crippen molar-refractivity contribution < 1.29 is 19.1 Å². The first-order valence-electron chi connectivity index (χ1n) is 14.2. The van der Waals surface area contributed by atoms with Gasteiger partial charge in [0, 0.05) is 19.5 Å². The Morgan fingerprint density at radius 2 is 1.85 bits per heavy atom. The molecule has 4 rings (SSSR count). The number of likely N-dealkylation sites (N-methyl/N-ethyl adjacent to an activating group) is 1. The molecule has 0 fully saturated rings. The summed E-state index contributed by atoms with van der Waals surface area (Å²) in [6.45, 7) is 8.35. The third-order valence-corrected chi connectivity index (χ3v) is 8.43. The molecule has 8 nitrogen and oxygen atoms in total. The van der Waals surface area contributed by atoms with Gasteiger partial charge in [-0.3, -0.25) is 9.59 Å². The molecule has 0 aromatic heterocycles. The molecule has 2 aliphatic rings. The van der Waals surface area contributed by atoms with E-state index >= 15 is 0 Å². The van der Waals surface area contributed by atoms with Crippen LogP contribution in [-0.2, 0) is 33.8 Å². The van der Waals surface area contributed by atoms with Crippen LogP contribution in [-0.4, -0.2) is 61.3 Å². The van der Waals surface area contributed by atoms with Crippen LogP contribution in [0.5, 0.6) is 5.75 Å². The van der Waals surface area contributed by atoms with Gasteiger partial charge in [0.05, 0.1) is 24.7 Å². The van der Waals surface area contributed by atoms with E-state index in [9.17, 15) is 14.4 Å². The van der Waals surface area contributed by atoms with Gasteiger partial charge < -0.3 is 30.4 Å². The summed E-state index contributed by atoms with van der Waals surface area (Å²) in [4.78, 5) is 41.8. The third kappa shape index (κ3) is 6.39. The quantitative estimate of drug-likeness (QED) is 0.416. The Morgan fingerprint density at radius 3 is 2.52 bits per heavy atom. The maximum Gasteiger partial charge on any atom is 0.243 e. The lowest BCUT2D eigenvalue weighted by Crippen LogP contribution is -2.62. The number of nitrogens with one attached hydrogen (secondary N) is 3. The van der Waals surface area contributed by atoms with Crippen LogP contribution >= 0.6 is 0 Å². The molecule has 1 aliphatic heterocycles. The number of hydrogen-bond acceptors (Lipinski definition) is 6. The van der Waals surface area contributed by atoms with Gasteiger partial charge in [-0.2, -0.15) is 0 Å². The summed E-state index contributed by atoms with van der Waals surface area (Å²) in [6.07, 6.45) is 4.17. The van der Waals surface area contributed by atoms with Gasteiger partial charge in [-0.15, -0.1) is 0 Å². The summed E-state index contributed by atoms with van der Waals surface area (Å²) in [7, 11) is 3.35. The predicted molar refractivity (Wildman–Crippen MR) is 156 cm³/mol. The molecule has 1 aliphatic carbocycles. The topological polar surface area (TPSA) is 99.8 Å². The van der Waals surface area contributed by atoms with Gasteiger partial charge >= 0.3 is 0 Å². The minimum atomic E-state index is -0.823. The van der Waals surface area contributed by atoms with E-state index in [-0.39, 0.29) is 24.4 Å². The van der Waals surface area contributed by atoms with Crippen molar-refractivity contribution in [2.75, 3.05) is 20.7 Å². The summed E-state index contributed by atoms with van der Waals surface area (Å²) in [6, 6.07) is 12.8. The zero-order valence-corrected chi connectivity index (χ0v) is 24.7. The Balaban J connectivity index is 1.65. The number of rotatable bonds is 9. The molecule has 2 unspecified atom stereocenters. The summed E-state index contributed by atoms with van der Waals surface area (Å²) >= 11 is 0. The smallest absolute Gasteiger partial charge is 0.243 e. The lowest BCUT2D eigenvalue weighted by Gasteiger charge is -2.42. The normalized spacial score (nSPS) is 20.9. The lowest BCUT2D eigenvalue weighted by atomic mass is 9.83. The first-order valence-corrected chi connectivity index (χ1v) is 14.2. The molecule has 3 N–H and O–H groups in total. The first-order chi connectivity index (χ1) is 19.0. The van der Waals surface area contributed by atoms with Crippen molar-refractivity contribution in [3.05, 3.63) is 64.7 Å². The van der Waals surface area contributed by atoms with Gasteiger partial charge in [0.2, 0.25) is 11.8 Å². The Morgan fingerprint density at radius 1 is 1.10 bits per heavy atom. The monoisotopic (exact) mass is 548 g/mol. The van der Waals surface area contributed by atoms with E-state index in [0.717, 1.165) is 42.2 Å². The molecule has 8 heteroatoms. The number of ether oxygens (including phenoxy) is 1. The molecule has 0 bridgehead atoms. The Bertz CT molecular complexity index is 1240. The molecule has 2 aromatic carbocycles. The van der Waals surface area contributed by atoms with Crippen LogP contribution in [0.25, 0.3) is 0 Å². The fourth-order valence-electron chi connectivity index (χ4n) is 5.76. The molecule has 2 aromatic rings. The summed E-state index contributed by atoms with van der Waals surface area (Å²) in [5, 5.41) is 9.69. The zero-order valence-electron chi connectivity index (χ0n) is 24.7. The number of fused-ring (bicyclic) bond motifs is 2. The highest BCUT2D eigenvalue weighted by molar-refractivity contribution is 5.91. The second kappa shape index (κ2) is 12.1. The van der Waals surface area contributed by atoms with Gasteiger partial charge in [0.1, 0.15) is 18.1 Å². The van der Waals surface area contributed by atoms with Crippen LogP contribution in [0.4, 0.5) is 0 Å². The van der Waals surface area contributed by atoms with E-state index in [4.69, 9.17) is 4.74 Å². The number of aryl methyl sites for hydroxylation is 1. The molecule has 40 heavy (non-hydrogen) atoms. The lowest BCUT2D eigenvalue weighted by molar-refractivity contribution is -0.146. The Hall–Kier alpha value is -3.23. The van der Waals surface area contributed by atoms with Crippen molar-refractivity contribution in [2.45, 2.75) is 83.6 Å². The van der Waals surface area contributed by atoms with Crippen molar-refractivity contribution >= 4 is 18.1 Å². The van der Waals surface area contributed by atoms with Crippen LogP contribution in [0.15, 0.2) is 42.5 Å². The minimum Gasteiger partial charge on any atom is -0.497 e. The van der Waals surface area contributed by atoms with Gasteiger partial charge in [0.15, 0.2) is 0 Å². The number of benzene rings is 2.